The standard InChI is InChI=1S/C21H30N2O/c22-21(24)19-14-8-7-13-18(19)20(16-9-3-1-4-10-16)15-23-17-11-5-2-6-12-17/h7-8,13-17,20H,1-6,9-12H2,(H2,22,24). The Morgan fingerprint density at radius 1 is 1.00 bits per heavy atom. The third-order valence-corrected chi connectivity index (χ3v) is 5.78. The maximum atomic E-state index is 11.9. The van der Waals surface area contributed by atoms with Gasteiger partial charge in [-0.3, -0.25) is 9.79 Å². The summed E-state index contributed by atoms with van der Waals surface area (Å²) < 4.78 is 0. The van der Waals surface area contributed by atoms with Crippen molar-refractivity contribution in [2.45, 2.75) is 76.2 Å². The summed E-state index contributed by atoms with van der Waals surface area (Å²) in [6, 6.07) is 8.34. The summed E-state index contributed by atoms with van der Waals surface area (Å²) in [5.74, 6) is 0.500. The zero-order valence-corrected chi connectivity index (χ0v) is 14.6. The molecule has 0 aromatic heterocycles. The van der Waals surface area contributed by atoms with Crippen molar-refractivity contribution in [3.05, 3.63) is 35.4 Å². The van der Waals surface area contributed by atoms with Crippen molar-refractivity contribution < 1.29 is 4.79 Å². The van der Waals surface area contributed by atoms with Crippen molar-refractivity contribution >= 4 is 12.1 Å². The van der Waals surface area contributed by atoms with Crippen molar-refractivity contribution in [2.24, 2.45) is 16.6 Å². The van der Waals surface area contributed by atoms with Gasteiger partial charge in [-0.25, -0.2) is 0 Å². The molecular weight excluding hydrogens is 296 g/mol. The van der Waals surface area contributed by atoms with Gasteiger partial charge < -0.3 is 5.73 Å². The summed E-state index contributed by atoms with van der Waals surface area (Å²) in [6.45, 7) is 0. The molecule has 2 N–H and O–H groups in total. The number of benzene rings is 1. The monoisotopic (exact) mass is 326 g/mol. The summed E-state index contributed by atoms with van der Waals surface area (Å²) in [7, 11) is 0. The first-order valence-corrected chi connectivity index (χ1v) is 9.67. The number of aliphatic imine (C=N–C) groups is 1. The Balaban J connectivity index is 1.86. The van der Waals surface area contributed by atoms with E-state index in [0.29, 0.717) is 17.5 Å². The summed E-state index contributed by atoms with van der Waals surface area (Å²) in [5, 5.41) is 0. The molecule has 2 aliphatic rings. The van der Waals surface area contributed by atoms with Crippen LogP contribution in [-0.2, 0) is 0 Å². The fourth-order valence-corrected chi connectivity index (χ4v) is 4.41. The van der Waals surface area contributed by atoms with E-state index in [0.717, 1.165) is 5.56 Å². The van der Waals surface area contributed by atoms with Crippen molar-refractivity contribution in [3.63, 3.8) is 0 Å². The Hall–Kier alpha value is -1.64. The molecule has 0 saturated heterocycles. The smallest absolute Gasteiger partial charge is 0.248 e. The van der Waals surface area contributed by atoms with Crippen LogP contribution < -0.4 is 5.73 Å². The van der Waals surface area contributed by atoms with Crippen molar-refractivity contribution in [2.75, 3.05) is 0 Å². The van der Waals surface area contributed by atoms with E-state index in [-0.39, 0.29) is 11.8 Å². The number of amides is 1. The number of hydrogen-bond acceptors (Lipinski definition) is 2. The highest BCUT2D eigenvalue weighted by Gasteiger charge is 2.27. The second kappa shape index (κ2) is 8.46. The van der Waals surface area contributed by atoms with Crippen LogP contribution in [-0.4, -0.2) is 18.2 Å². The predicted octanol–water partition coefficient (Wildman–Crippen LogP) is 4.85. The van der Waals surface area contributed by atoms with Crippen LogP contribution in [0, 0.1) is 5.92 Å². The Kier molecular flexibility index (Phi) is 6.06. The zero-order chi connectivity index (χ0) is 16.8. The molecule has 2 fully saturated rings. The predicted molar refractivity (Wildman–Crippen MR) is 99.6 cm³/mol. The van der Waals surface area contributed by atoms with E-state index in [1.165, 1.54) is 64.2 Å². The quantitative estimate of drug-likeness (QED) is 0.772. The Bertz CT molecular complexity index is 569. The number of nitrogens with two attached hydrogens (primary N) is 1. The fraction of sp³-hybridized carbons (Fsp3) is 0.619. The van der Waals surface area contributed by atoms with Crippen LogP contribution in [0.5, 0.6) is 0 Å². The van der Waals surface area contributed by atoms with Gasteiger partial charge in [0.2, 0.25) is 5.91 Å². The molecule has 2 saturated carbocycles. The molecule has 0 bridgehead atoms. The molecule has 1 aromatic carbocycles. The van der Waals surface area contributed by atoms with Crippen LogP contribution >= 0.6 is 0 Å². The average molecular weight is 326 g/mol. The first kappa shape index (κ1) is 17.2. The Labute approximate surface area is 145 Å². The van der Waals surface area contributed by atoms with Gasteiger partial charge in [0.05, 0.1) is 0 Å². The van der Waals surface area contributed by atoms with Gasteiger partial charge in [0.25, 0.3) is 0 Å². The Morgan fingerprint density at radius 3 is 2.29 bits per heavy atom. The lowest BCUT2D eigenvalue weighted by Gasteiger charge is -2.29. The Morgan fingerprint density at radius 2 is 1.62 bits per heavy atom. The van der Waals surface area contributed by atoms with Crippen molar-refractivity contribution in [1.29, 1.82) is 0 Å². The molecule has 1 aromatic rings. The van der Waals surface area contributed by atoms with Gasteiger partial charge in [0, 0.05) is 23.7 Å². The number of carbonyl (C=O) groups is 1. The van der Waals surface area contributed by atoms with E-state index in [4.69, 9.17) is 10.7 Å². The molecule has 1 atom stereocenters. The fourth-order valence-electron chi connectivity index (χ4n) is 4.41. The molecule has 1 amide bonds. The van der Waals surface area contributed by atoms with E-state index in [1.54, 1.807) is 0 Å². The van der Waals surface area contributed by atoms with Gasteiger partial charge in [-0.1, -0.05) is 56.7 Å². The second-order valence-corrected chi connectivity index (χ2v) is 7.47. The maximum absolute atomic E-state index is 11.9. The third-order valence-electron chi connectivity index (χ3n) is 5.78. The van der Waals surface area contributed by atoms with Gasteiger partial charge >= 0.3 is 0 Å². The largest absolute Gasteiger partial charge is 0.366 e. The summed E-state index contributed by atoms with van der Waals surface area (Å²) in [4.78, 5) is 16.9. The topological polar surface area (TPSA) is 55.5 Å². The van der Waals surface area contributed by atoms with Gasteiger partial charge in [0.1, 0.15) is 0 Å². The molecule has 3 rings (SSSR count). The van der Waals surface area contributed by atoms with E-state index < -0.39 is 0 Å². The number of hydrogen-bond donors (Lipinski definition) is 1. The van der Waals surface area contributed by atoms with Crippen LogP contribution in [0.1, 0.15) is 86.0 Å². The zero-order valence-electron chi connectivity index (χ0n) is 14.6. The molecule has 2 aliphatic carbocycles. The first-order valence-electron chi connectivity index (χ1n) is 9.67. The molecule has 3 nitrogen and oxygen atoms in total. The SMILES string of the molecule is NC(=O)c1ccccc1C(C=NC1CCCCC1)C1CCCCC1. The molecular formula is C21H30N2O. The van der Waals surface area contributed by atoms with Gasteiger partial charge in [-0.05, 0) is 43.2 Å². The summed E-state index contributed by atoms with van der Waals surface area (Å²) in [6.07, 6.45) is 14.9. The number of carbonyl (C=O) groups excluding carboxylic acids is 1. The van der Waals surface area contributed by atoms with Gasteiger partial charge in [-0.2, -0.15) is 0 Å². The van der Waals surface area contributed by atoms with Crippen LogP contribution in [0.25, 0.3) is 0 Å². The van der Waals surface area contributed by atoms with Crippen LogP contribution in [0.4, 0.5) is 0 Å². The van der Waals surface area contributed by atoms with Crippen molar-refractivity contribution in [1.82, 2.24) is 0 Å². The summed E-state index contributed by atoms with van der Waals surface area (Å²) in [5.41, 5.74) is 7.39. The van der Waals surface area contributed by atoms with E-state index in [1.807, 2.05) is 18.2 Å². The molecule has 1 unspecified atom stereocenters. The molecule has 0 radical (unpaired) electrons. The highest BCUT2D eigenvalue weighted by molar-refractivity contribution is 5.95. The van der Waals surface area contributed by atoms with Gasteiger partial charge in [-0.15, -0.1) is 0 Å². The molecule has 0 heterocycles. The van der Waals surface area contributed by atoms with Crippen LogP contribution in [0.3, 0.4) is 0 Å². The van der Waals surface area contributed by atoms with Crippen LogP contribution in [0.15, 0.2) is 29.3 Å². The maximum Gasteiger partial charge on any atom is 0.248 e. The summed E-state index contributed by atoms with van der Waals surface area (Å²) >= 11 is 0. The lowest BCUT2D eigenvalue weighted by Crippen LogP contribution is -2.23. The average Bonchev–Trinajstić information content (AvgIpc) is 2.64. The first-order chi connectivity index (χ1) is 11.8. The molecule has 130 valence electrons. The second-order valence-electron chi connectivity index (χ2n) is 7.47. The number of nitrogens with zero attached hydrogens (tertiary/aromatic N) is 1. The van der Waals surface area contributed by atoms with Gasteiger partial charge in [0.15, 0.2) is 0 Å². The van der Waals surface area contributed by atoms with E-state index in [9.17, 15) is 4.79 Å². The highest BCUT2D eigenvalue weighted by Crippen LogP contribution is 2.36. The van der Waals surface area contributed by atoms with Crippen molar-refractivity contribution in [3.8, 4) is 0 Å². The minimum atomic E-state index is -0.322. The van der Waals surface area contributed by atoms with E-state index >= 15 is 0 Å². The number of rotatable bonds is 5. The van der Waals surface area contributed by atoms with Crippen LogP contribution in [0.2, 0.25) is 0 Å². The van der Waals surface area contributed by atoms with E-state index in [2.05, 4.69) is 12.3 Å². The minimum absolute atomic E-state index is 0.232. The normalized spacial score (nSPS) is 21.8. The lowest BCUT2D eigenvalue weighted by atomic mass is 9.76. The molecule has 24 heavy (non-hydrogen) atoms. The third kappa shape index (κ3) is 4.25. The molecule has 0 aliphatic heterocycles. The minimum Gasteiger partial charge on any atom is -0.366 e. The molecule has 3 heteroatoms. The highest BCUT2D eigenvalue weighted by atomic mass is 16.1. The lowest BCUT2D eigenvalue weighted by molar-refractivity contribution is 0.0999. The molecule has 0 spiro atoms. The number of primary amides is 1.